The molecule has 0 aliphatic heterocycles. The molecule has 1 saturated carbocycles. The van der Waals surface area contributed by atoms with Crippen molar-refractivity contribution in [2.45, 2.75) is 57.0 Å². The second-order valence-electron chi connectivity index (χ2n) is 5.31. The Balaban J connectivity index is 2.45. The van der Waals surface area contributed by atoms with Gasteiger partial charge in [0.15, 0.2) is 0 Å². The number of aliphatic carboxylic acids is 2. The van der Waals surface area contributed by atoms with Crippen molar-refractivity contribution in [2.24, 2.45) is 11.7 Å². The molecule has 7 nitrogen and oxygen atoms in total. The van der Waals surface area contributed by atoms with Crippen molar-refractivity contribution in [3.8, 4) is 0 Å². The smallest absolute Gasteiger partial charge is 0.326 e. The lowest BCUT2D eigenvalue weighted by molar-refractivity contribution is -0.143. The van der Waals surface area contributed by atoms with E-state index >= 15 is 0 Å². The van der Waals surface area contributed by atoms with E-state index in [0.29, 0.717) is 6.42 Å². The second-order valence-corrected chi connectivity index (χ2v) is 5.31. The number of carbonyl (C=O) groups excluding carboxylic acids is 1. The summed E-state index contributed by atoms with van der Waals surface area (Å²) in [6, 6.07) is -1.03. The molecule has 0 spiro atoms. The maximum absolute atomic E-state index is 12.0. The topological polar surface area (TPSA) is 130 Å². The Morgan fingerprint density at radius 3 is 2.50 bits per heavy atom. The number of nitrogens with two attached hydrogens (primary N) is 1. The minimum absolute atomic E-state index is 0.00483. The van der Waals surface area contributed by atoms with Gasteiger partial charge >= 0.3 is 11.9 Å². The lowest BCUT2D eigenvalue weighted by atomic mass is 9.85. The molecular formula is C13H22N2O5. The van der Waals surface area contributed by atoms with Crippen molar-refractivity contribution in [1.82, 2.24) is 5.32 Å². The fourth-order valence-electron chi connectivity index (χ4n) is 2.47. The third-order valence-corrected chi connectivity index (χ3v) is 3.58. The summed E-state index contributed by atoms with van der Waals surface area (Å²) in [5.41, 5.74) is 5.81. The van der Waals surface area contributed by atoms with Gasteiger partial charge in [0.05, 0.1) is 0 Å². The summed E-state index contributed by atoms with van der Waals surface area (Å²) in [5, 5.41) is 20.1. The molecule has 1 aliphatic carbocycles. The van der Waals surface area contributed by atoms with Crippen molar-refractivity contribution in [1.29, 1.82) is 0 Å². The highest BCUT2D eigenvalue weighted by Gasteiger charge is 2.28. The predicted octanol–water partition coefficient (Wildman–Crippen LogP) is 0.328. The van der Waals surface area contributed by atoms with E-state index in [-0.39, 0.29) is 37.1 Å². The van der Waals surface area contributed by atoms with Crippen molar-refractivity contribution < 1.29 is 24.6 Å². The lowest BCUT2D eigenvalue weighted by Crippen LogP contribution is -2.45. The van der Waals surface area contributed by atoms with Gasteiger partial charge < -0.3 is 21.3 Å². The Kier molecular flexibility index (Phi) is 6.44. The molecule has 0 radical (unpaired) electrons. The van der Waals surface area contributed by atoms with Gasteiger partial charge in [-0.25, -0.2) is 4.79 Å². The highest BCUT2D eigenvalue weighted by molar-refractivity contribution is 5.85. The van der Waals surface area contributed by atoms with E-state index in [0.717, 1.165) is 19.3 Å². The molecule has 20 heavy (non-hydrogen) atoms. The molecule has 3 atom stereocenters. The molecule has 0 aromatic carbocycles. The molecule has 1 aliphatic rings. The maximum atomic E-state index is 12.0. The molecule has 2 unspecified atom stereocenters. The molecule has 114 valence electrons. The predicted molar refractivity (Wildman–Crippen MR) is 71.0 cm³/mol. The van der Waals surface area contributed by atoms with Crippen molar-refractivity contribution in [3.05, 3.63) is 0 Å². The largest absolute Gasteiger partial charge is 0.481 e. The molecule has 1 fully saturated rings. The van der Waals surface area contributed by atoms with Gasteiger partial charge in [-0.05, 0) is 32.1 Å². The standard InChI is InChI=1S/C13H22N2O5/c14-9-4-1-3-8(7-9)12(18)15-10(13(19)20)5-2-6-11(16)17/h8-10H,1-7,14H2,(H,15,18)(H,16,17)(H,19,20)/t8?,9?,10-/m1/s1. The first-order chi connectivity index (χ1) is 9.40. The maximum Gasteiger partial charge on any atom is 0.326 e. The van der Waals surface area contributed by atoms with Gasteiger partial charge in [0.25, 0.3) is 0 Å². The monoisotopic (exact) mass is 286 g/mol. The number of carboxylic acids is 2. The van der Waals surface area contributed by atoms with Crippen LogP contribution < -0.4 is 11.1 Å². The number of rotatable bonds is 7. The van der Waals surface area contributed by atoms with E-state index in [1.807, 2.05) is 0 Å². The van der Waals surface area contributed by atoms with Gasteiger partial charge in [-0.2, -0.15) is 0 Å². The van der Waals surface area contributed by atoms with Crippen LogP contribution in [0.4, 0.5) is 0 Å². The zero-order valence-corrected chi connectivity index (χ0v) is 11.4. The number of carboxylic acid groups (broad SMARTS) is 2. The number of nitrogens with one attached hydrogen (secondary N) is 1. The van der Waals surface area contributed by atoms with E-state index < -0.39 is 18.0 Å². The molecule has 1 rings (SSSR count). The Morgan fingerprint density at radius 1 is 1.25 bits per heavy atom. The van der Waals surface area contributed by atoms with Crippen molar-refractivity contribution >= 4 is 17.8 Å². The van der Waals surface area contributed by atoms with Crippen LogP contribution in [-0.4, -0.2) is 40.1 Å². The van der Waals surface area contributed by atoms with Crippen LogP contribution in [-0.2, 0) is 14.4 Å². The minimum atomic E-state index is -1.14. The molecule has 0 bridgehead atoms. The third-order valence-electron chi connectivity index (χ3n) is 3.58. The normalized spacial score (nSPS) is 23.9. The van der Waals surface area contributed by atoms with E-state index in [9.17, 15) is 14.4 Å². The Bertz CT molecular complexity index is 372. The summed E-state index contributed by atoms with van der Waals surface area (Å²) in [6.45, 7) is 0. The molecule has 5 N–H and O–H groups in total. The number of hydrogen-bond donors (Lipinski definition) is 4. The Hall–Kier alpha value is -1.63. The molecule has 1 amide bonds. The van der Waals surface area contributed by atoms with Crippen LogP contribution in [0.3, 0.4) is 0 Å². The van der Waals surface area contributed by atoms with Gasteiger partial charge in [0.1, 0.15) is 6.04 Å². The van der Waals surface area contributed by atoms with Crippen LogP contribution in [0.25, 0.3) is 0 Å². The molecule has 0 aromatic heterocycles. The van der Waals surface area contributed by atoms with E-state index in [1.54, 1.807) is 0 Å². The fraction of sp³-hybridized carbons (Fsp3) is 0.769. The highest BCUT2D eigenvalue weighted by atomic mass is 16.4. The van der Waals surface area contributed by atoms with Gasteiger partial charge in [-0.1, -0.05) is 6.42 Å². The van der Waals surface area contributed by atoms with Crippen LogP contribution in [0.1, 0.15) is 44.9 Å². The van der Waals surface area contributed by atoms with E-state index in [1.165, 1.54) is 0 Å². The molecular weight excluding hydrogens is 264 g/mol. The van der Waals surface area contributed by atoms with Gasteiger partial charge in [0.2, 0.25) is 5.91 Å². The Labute approximate surface area is 117 Å². The van der Waals surface area contributed by atoms with Crippen LogP contribution in [0, 0.1) is 5.92 Å². The number of amides is 1. The quantitative estimate of drug-likeness (QED) is 0.533. The highest BCUT2D eigenvalue weighted by Crippen LogP contribution is 2.23. The van der Waals surface area contributed by atoms with Crippen LogP contribution in [0.5, 0.6) is 0 Å². The molecule has 7 heteroatoms. The zero-order chi connectivity index (χ0) is 15.1. The first-order valence-electron chi connectivity index (χ1n) is 6.90. The van der Waals surface area contributed by atoms with Crippen LogP contribution in [0.2, 0.25) is 0 Å². The lowest BCUT2D eigenvalue weighted by Gasteiger charge is -2.27. The van der Waals surface area contributed by atoms with Crippen LogP contribution in [0.15, 0.2) is 0 Å². The zero-order valence-electron chi connectivity index (χ0n) is 11.4. The van der Waals surface area contributed by atoms with E-state index in [4.69, 9.17) is 15.9 Å². The second kappa shape index (κ2) is 7.84. The summed E-state index contributed by atoms with van der Waals surface area (Å²) >= 11 is 0. The van der Waals surface area contributed by atoms with Crippen LogP contribution >= 0.6 is 0 Å². The first-order valence-corrected chi connectivity index (χ1v) is 6.90. The van der Waals surface area contributed by atoms with Crippen molar-refractivity contribution in [2.75, 3.05) is 0 Å². The van der Waals surface area contributed by atoms with Gasteiger partial charge in [0, 0.05) is 18.4 Å². The summed E-state index contributed by atoms with van der Waals surface area (Å²) in [5.74, 6) is -2.63. The summed E-state index contributed by atoms with van der Waals surface area (Å²) < 4.78 is 0. The Morgan fingerprint density at radius 2 is 1.95 bits per heavy atom. The minimum Gasteiger partial charge on any atom is -0.481 e. The van der Waals surface area contributed by atoms with Crippen molar-refractivity contribution in [3.63, 3.8) is 0 Å². The summed E-state index contributed by atoms with van der Waals surface area (Å²) in [6.07, 6.45) is 3.30. The van der Waals surface area contributed by atoms with Gasteiger partial charge in [-0.3, -0.25) is 9.59 Å². The summed E-state index contributed by atoms with van der Waals surface area (Å²) in [4.78, 5) is 33.5. The first kappa shape index (κ1) is 16.4. The number of carbonyl (C=O) groups is 3. The fourth-order valence-corrected chi connectivity index (χ4v) is 2.47. The molecule has 0 heterocycles. The molecule has 0 aromatic rings. The van der Waals surface area contributed by atoms with Gasteiger partial charge in [-0.15, -0.1) is 0 Å². The van der Waals surface area contributed by atoms with E-state index in [2.05, 4.69) is 5.32 Å². The molecule has 0 saturated heterocycles. The third kappa shape index (κ3) is 5.56. The number of hydrogen-bond acceptors (Lipinski definition) is 4. The average Bonchev–Trinajstić information content (AvgIpc) is 2.36. The summed E-state index contributed by atoms with van der Waals surface area (Å²) in [7, 11) is 0. The average molecular weight is 286 g/mol. The SMILES string of the molecule is NC1CCCC(C(=O)N[C@H](CCCC(=O)O)C(=O)O)C1.